The van der Waals surface area contributed by atoms with Gasteiger partial charge in [0.2, 0.25) is 0 Å². The summed E-state index contributed by atoms with van der Waals surface area (Å²) in [5.41, 5.74) is 6.93. The van der Waals surface area contributed by atoms with Crippen LogP contribution in [0.25, 0.3) is 0 Å². The zero-order valence-corrected chi connectivity index (χ0v) is 11.4. The van der Waals surface area contributed by atoms with Gasteiger partial charge in [0.05, 0.1) is 28.4 Å². The topological polar surface area (TPSA) is 104 Å². The maximum atomic E-state index is 11.5. The molecule has 0 fully saturated rings. The molecule has 19 heavy (non-hydrogen) atoms. The molecule has 0 unspecified atom stereocenters. The van der Waals surface area contributed by atoms with Crippen molar-refractivity contribution in [2.45, 2.75) is 19.4 Å². The molecule has 1 rings (SSSR count). The molecule has 7 heteroatoms. The van der Waals surface area contributed by atoms with Gasteiger partial charge in [-0.15, -0.1) is 0 Å². The Hall–Kier alpha value is -1.95. The van der Waals surface area contributed by atoms with E-state index in [0.717, 1.165) is 0 Å². The molecule has 0 aliphatic heterocycles. The summed E-state index contributed by atoms with van der Waals surface area (Å²) in [6.07, 6.45) is -0.0474. The van der Waals surface area contributed by atoms with Crippen molar-refractivity contribution < 1.29 is 14.7 Å². The molecule has 1 amide bonds. The van der Waals surface area contributed by atoms with Crippen LogP contribution in [0.3, 0.4) is 0 Å². The van der Waals surface area contributed by atoms with Crippen molar-refractivity contribution >= 4 is 34.9 Å². The summed E-state index contributed by atoms with van der Waals surface area (Å²) in [6.45, 7) is 1.72. The number of nitrogens with two attached hydrogens (primary N) is 1. The lowest BCUT2D eigenvalue weighted by atomic mass is 10.1. The summed E-state index contributed by atoms with van der Waals surface area (Å²) in [6, 6.07) is 2.67. The maximum absolute atomic E-state index is 11.5. The first-order valence-electron chi connectivity index (χ1n) is 5.64. The lowest BCUT2D eigenvalue weighted by molar-refractivity contribution is -0.137. The number of hydrogen-bond acceptors (Lipinski definition) is 4. The Morgan fingerprint density at radius 2 is 2.11 bits per heavy atom. The zero-order chi connectivity index (χ0) is 14.6. The van der Waals surface area contributed by atoms with E-state index in [0.29, 0.717) is 11.4 Å². The third kappa shape index (κ3) is 4.03. The molecule has 104 valence electrons. The lowest BCUT2D eigenvalue weighted by Gasteiger charge is -2.16. The van der Waals surface area contributed by atoms with Crippen LogP contribution in [-0.4, -0.2) is 30.1 Å². The van der Waals surface area contributed by atoms with Gasteiger partial charge in [-0.25, -0.2) is 0 Å². The van der Waals surface area contributed by atoms with Crippen molar-refractivity contribution in [1.29, 1.82) is 0 Å². The summed E-state index contributed by atoms with van der Waals surface area (Å²) in [5, 5.41) is 14.3. The summed E-state index contributed by atoms with van der Waals surface area (Å²) in [7, 11) is 1.50. The number of carboxylic acid groups (broad SMARTS) is 1. The second-order valence-electron chi connectivity index (χ2n) is 4.14. The molecule has 1 aromatic carbocycles. The summed E-state index contributed by atoms with van der Waals surface area (Å²) >= 11 is 5.99. The molecule has 0 saturated carbocycles. The molecule has 6 nitrogen and oxygen atoms in total. The Labute approximate surface area is 115 Å². The van der Waals surface area contributed by atoms with Gasteiger partial charge in [-0.3, -0.25) is 9.59 Å². The van der Waals surface area contributed by atoms with Gasteiger partial charge >= 0.3 is 5.97 Å². The molecule has 0 saturated heterocycles. The van der Waals surface area contributed by atoms with Crippen LogP contribution in [0.4, 0.5) is 11.4 Å². The Morgan fingerprint density at radius 3 is 2.63 bits per heavy atom. The number of carbonyl (C=O) groups excluding carboxylic acids is 1. The van der Waals surface area contributed by atoms with E-state index in [-0.39, 0.29) is 29.0 Å². The van der Waals surface area contributed by atoms with Crippen molar-refractivity contribution in [2.24, 2.45) is 0 Å². The number of rotatable bonds is 5. The van der Waals surface area contributed by atoms with Gasteiger partial charge in [0.1, 0.15) is 0 Å². The molecule has 0 heterocycles. The highest BCUT2D eigenvalue weighted by atomic mass is 35.5. The predicted octanol–water partition coefficient (Wildman–Crippen LogP) is 1.56. The highest BCUT2D eigenvalue weighted by molar-refractivity contribution is 6.34. The molecule has 0 aliphatic carbocycles. The molecule has 0 spiro atoms. The molecule has 0 radical (unpaired) electrons. The normalized spacial score (nSPS) is 11.7. The smallest absolute Gasteiger partial charge is 0.305 e. The molecule has 5 N–H and O–H groups in total. The second kappa shape index (κ2) is 6.29. The van der Waals surface area contributed by atoms with Gasteiger partial charge in [0.25, 0.3) is 5.91 Å². The fourth-order valence-corrected chi connectivity index (χ4v) is 1.85. The molecule has 0 aromatic heterocycles. The molecule has 1 aromatic rings. The number of carboxylic acids is 1. The number of halogens is 1. The minimum atomic E-state index is -0.911. The quantitative estimate of drug-likeness (QED) is 0.615. The number of aliphatic carboxylic acids is 1. The fourth-order valence-electron chi connectivity index (χ4n) is 1.60. The van der Waals surface area contributed by atoms with Crippen LogP contribution in [0.1, 0.15) is 23.7 Å². The number of hydrogen-bond donors (Lipinski definition) is 4. The van der Waals surface area contributed by atoms with E-state index >= 15 is 0 Å². The van der Waals surface area contributed by atoms with Crippen LogP contribution in [0.15, 0.2) is 12.1 Å². The van der Waals surface area contributed by atoms with Crippen LogP contribution in [0.5, 0.6) is 0 Å². The average Bonchev–Trinajstić information content (AvgIpc) is 2.31. The van der Waals surface area contributed by atoms with Crippen LogP contribution in [-0.2, 0) is 4.79 Å². The van der Waals surface area contributed by atoms with Crippen molar-refractivity contribution in [3.05, 3.63) is 22.7 Å². The molecular weight excluding hydrogens is 270 g/mol. The largest absolute Gasteiger partial charge is 0.481 e. The molecule has 0 aliphatic rings. The third-order valence-corrected chi connectivity index (χ3v) is 2.81. The first-order valence-corrected chi connectivity index (χ1v) is 6.02. The Kier molecular flexibility index (Phi) is 5.00. The minimum Gasteiger partial charge on any atom is -0.481 e. The SMILES string of the molecule is CNC(=O)c1cc(N)c(N[C@@H](C)CC(=O)O)cc1Cl. The van der Waals surface area contributed by atoms with Gasteiger partial charge in [-0.1, -0.05) is 11.6 Å². The van der Waals surface area contributed by atoms with E-state index in [1.807, 2.05) is 0 Å². The van der Waals surface area contributed by atoms with Gasteiger partial charge < -0.3 is 21.5 Å². The Balaban J connectivity index is 2.96. The van der Waals surface area contributed by atoms with Gasteiger partial charge in [0, 0.05) is 13.1 Å². The van der Waals surface area contributed by atoms with Gasteiger partial charge in [0.15, 0.2) is 0 Å². The average molecular weight is 286 g/mol. The standard InChI is InChI=1S/C12H16ClN3O3/c1-6(3-11(17)18)16-10-5-8(13)7(4-9(10)14)12(19)15-2/h4-6,16H,3,14H2,1-2H3,(H,15,19)(H,17,18)/t6-/m0/s1. The third-order valence-electron chi connectivity index (χ3n) is 2.49. The first kappa shape index (κ1) is 15.1. The summed E-state index contributed by atoms with van der Waals surface area (Å²) in [4.78, 5) is 22.1. The van der Waals surface area contributed by atoms with E-state index in [9.17, 15) is 9.59 Å². The Morgan fingerprint density at radius 1 is 1.47 bits per heavy atom. The number of carbonyl (C=O) groups is 2. The lowest BCUT2D eigenvalue weighted by Crippen LogP contribution is -2.21. The van der Waals surface area contributed by atoms with Gasteiger partial charge in [-0.2, -0.15) is 0 Å². The van der Waals surface area contributed by atoms with Crippen LogP contribution in [0.2, 0.25) is 5.02 Å². The second-order valence-corrected chi connectivity index (χ2v) is 4.55. The van der Waals surface area contributed by atoms with Crippen LogP contribution >= 0.6 is 11.6 Å². The Bertz CT molecular complexity index is 505. The number of anilines is 2. The van der Waals surface area contributed by atoms with E-state index in [4.69, 9.17) is 22.4 Å². The van der Waals surface area contributed by atoms with Crippen molar-refractivity contribution in [2.75, 3.05) is 18.1 Å². The molecular formula is C12H16ClN3O3. The van der Waals surface area contributed by atoms with E-state index in [1.165, 1.54) is 19.2 Å². The molecule has 1 atom stereocenters. The fraction of sp³-hybridized carbons (Fsp3) is 0.333. The highest BCUT2D eigenvalue weighted by Crippen LogP contribution is 2.28. The summed E-state index contributed by atoms with van der Waals surface area (Å²) < 4.78 is 0. The van der Waals surface area contributed by atoms with E-state index in [1.54, 1.807) is 6.92 Å². The molecule has 0 bridgehead atoms. The maximum Gasteiger partial charge on any atom is 0.305 e. The van der Waals surface area contributed by atoms with Crippen molar-refractivity contribution in [1.82, 2.24) is 5.32 Å². The van der Waals surface area contributed by atoms with Gasteiger partial charge in [-0.05, 0) is 19.1 Å². The zero-order valence-electron chi connectivity index (χ0n) is 10.7. The van der Waals surface area contributed by atoms with Crippen LogP contribution < -0.4 is 16.4 Å². The monoisotopic (exact) mass is 285 g/mol. The highest BCUT2D eigenvalue weighted by Gasteiger charge is 2.14. The number of nitrogens with one attached hydrogen (secondary N) is 2. The minimum absolute atomic E-state index is 0.0474. The predicted molar refractivity (Wildman–Crippen MR) is 74.6 cm³/mol. The summed E-state index contributed by atoms with van der Waals surface area (Å²) in [5.74, 6) is -1.24. The van der Waals surface area contributed by atoms with Crippen LogP contribution in [0, 0.1) is 0 Å². The number of nitrogen functional groups attached to an aromatic ring is 1. The van der Waals surface area contributed by atoms with Crippen molar-refractivity contribution in [3.8, 4) is 0 Å². The van der Waals surface area contributed by atoms with Crippen molar-refractivity contribution in [3.63, 3.8) is 0 Å². The van der Waals surface area contributed by atoms with E-state index in [2.05, 4.69) is 10.6 Å². The first-order chi connectivity index (χ1) is 8.85. The number of benzene rings is 1. The number of amides is 1. The van der Waals surface area contributed by atoms with E-state index < -0.39 is 5.97 Å².